The molecule has 1 aliphatic rings. The average Bonchev–Trinajstić information content (AvgIpc) is 2.87. The Labute approximate surface area is 151 Å². The molecule has 0 unspecified atom stereocenters. The summed E-state index contributed by atoms with van der Waals surface area (Å²) in [5.41, 5.74) is 5.35. The summed E-state index contributed by atoms with van der Waals surface area (Å²) in [6.07, 6.45) is 4.70. The van der Waals surface area contributed by atoms with E-state index in [0.717, 1.165) is 27.8 Å². The molecule has 25 heavy (non-hydrogen) atoms. The lowest BCUT2D eigenvalue weighted by molar-refractivity contribution is -0.135. The Hall–Kier alpha value is -2.33. The molecule has 2 nitrogen and oxygen atoms in total. The minimum atomic E-state index is -0.901. The van der Waals surface area contributed by atoms with Gasteiger partial charge in [-0.2, -0.15) is 0 Å². The minimum absolute atomic E-state index is 0.0949. The van der Waals surface area contributed by atoms with E-state index in [2.05, 4.69) is 18.2 Å². The van der Waals surface area contributed by atoms with Crippen LogP contribution in [0.3, 0.4) is 0 Å². The third-order valence-corrected chi connectivity index (χ3v) is 5.14. The van der Waals surface area contributed by atoms with Crippen LogP contribution < -0.4 is 0 Å². The van der Waals surface area contributed by atoms with E-state index < -0.39 is 5.97 Å². The molecule has 0 saturated heterocycles. The van der Waals surface area contributed by atoms with Gasteiger partial charge in [0.2, 0.25) is 0 Å². The number of aliphatic carboxylic acids is 1. The van der Waals surface area contributed by atoms with Crippen LogP contribution in [-0.4, -0.2) is 17.3 Å². The number of benzene rings is 2. The second-order valence-electron chi connectivity index (χ2n) is 5.90. The van der Waals surface area contributed by atoms with Crippen LogP contribution in [0.1, 0.15) is 36.5 Å². The van der Waals surface area contributed by atoms with Gasteiger partial charge >= 0.3 is 5.97 Å². The molecular weight excluding hydrogens is 335 g/mol. The van der Waals surface area contributed by atoms with Crippen LogP contribution in [0.5, 0.6) is 0 Å². The van der Waals surface area contributed by atoms with Crippen LogP contribution in [-0.2, 0) is 4.79 Å². The summed E-state index contributed by atoms with van der Waals surface area (Å²) in [5, 5.41) is 9.27. The normalized spacial score (nSPS) is 14.9. The number of rotatable bonds is 5. The molecule has 2 aromatic carbocycles. The van der Waals surface area contributed by atoms with E-state index in [0.29, 0.717) is 12.0 Å². The van der Waals surface area contributed by atoms with Gasteiger partial charge in [0.15, 0.2) is 0 Å². The molecule has 0 fully saturated rings. The molecule has 0 radical (unpaired) electrons. The van der Waals surface area contributed by atoms with Gasteiger partial charge in [-0.25, -0.2) is 4.39 Å². The van der Waals surface area contributed by atoms with Crippen LogP contribution >= 0.6 is 11.8 Å². The van der Waals surface area contributed by atoms with Crippen molar-refractivity contribution in [2.45, 2.75) is 24.7 Å². The van der Waals surface area contributed by atoms with Gasteiger partial charge in [0.25, 0.3) is 0 Å². The maximum atomic E-state index is 13.7. The number of fused-ring (bicyclic) bond motifs is 1. The van der Waals surface area contributed by atoms with E-state index in [4.69, 9.17) is 0 Å². The van der Waals surface area contributed by atoms with E-state index in [1.54, 1.807) is 17.8 Å². The fraction of sp³-hybridized carbons (Fsp3) is 0.190. The fourth-order valence-corrected chi connectivity index (χ4v) is 3.69. The van der Waals surface area contributed by atoms with Gasteiger partial charge < -0.3 is 5.11 Å². The van der Waals surface area contributed by atoms with E-state index in [1.165, 1.54) is 17.0 Å². The lowest BCUT2D eigenvalue weighted by Gasteiger charge is -2.07. The lowest BCUT2D eigenvalue weighted by Crippen LogP contribution is -1.97. The SMILES string of the molecule is CCC1=C(CC(=O)O)c2cc(F)ccc2/C1=C\c1ccc(SC)cc1. The maximum Gasteiger partial charge on any atom is 0.307 e. The van der Waals surface area contributed by atoms with Gasteiger partial charge in [0, 0.05) is 4.90 Å². The lowest BCUT2D eigenvalue weighted by atomic mass is 9.98. The smallest absolute Gasteiger partial charge is 0.307 e. The zero-order chi connectivity index (χ0) is 18.0. The van der Waals surface area contributed by atoms with Gasteiger partial charge in [0.1, 0.15) is 5.82 Å². The monoisotopic (exact) mass is 354 g/mol. The van der Waals surface area contributed by atoms with E-state index in [1.807, 2.05) is 25.3 Å². The molecule has 0 amide bonds. The molecule has 0 saturated carbocycles. The molecule has 0 spiro atoms. The van der Waals surface area contributed by atoms with Crippen LogP contribution in [0.25, 0.3) is 17.2 Å². The van der Waals surface area contributed by atoms with Crippen molar-refractivity contribution in [3.05, 3.63) is 70.5 Å². The van der Waals surface area contributed by atoms with Crippen LogP contribution in [0.2, 0.25) is 0 Å². The topological polar surface area (TPSA) is 37.3 Å². The predicted molar refractivity (Wildman–Crippen MR) is 102 cm³/mol. The first-order chi connectivity index (χ1) is 12.0. The van der Waals surface area contributed by atoms with E-state index in [9.17, 15) is 14.3 Å². The van der Waals surface area contributed by atoms with Crippen LogP contribution in [0.4, 0.5) is 4.39 Å². The van der Waals surface area contributed by atoms with Crippen molar-refractivity contribution in [2.24, 2.45) is 0 Å². The third-order valence-electron chi connectivity index (χ3n) is 4.39. The summed E-state index contributed by atoms with van der Waals surface area (Å²) in [4.78, 5) is 12.5. The van der Waals surface area contributed by atoms with E-state index >= 15 is 0 Å². The van der Waals surface area contributed by atoms with Crippen molar-refractivity contribution in [2.75, 3.05) is 6.26 Å². The summed E-state index contributed by atoms with van der Waals surface area (Å²) in [7, 11) is 0. The molecular formula is C21H19FO2S. The van der Waals surface area contributed by atoms with Crippen molar-refractivity contribution in [1.82, 2.24) is 0 Å². The second-order valence-corrected chi connectivity index (χ2v) is 6.78. The van der Waals surface area contributed by atoms with Crippen LogP contribution in [0, 0.1) is 5.82 Å². The quantitative estimate of drug-likeness (QED) is 0.696. The third kappa shape index (κ3) is 3.54. The average molecular weight is 354 g/mol. The minimum Gasteiger partial charge on any atom is -0.481 e. The maximum absolute atomic E-state index is 13.7. The van der Waals surface area contributed by atoms with Gasteiger partial charge in [-0.3, -0.25) is 4.79 Å². The Bertz CT molecular complexity index is 879. The number of carbonyl (C=O) groups is 1. The highest BCUT2D eigenvalue weighted by Gasteiger charge is 2.27. The van der Waals surface area contributed by atoms with Gasteiger partial charge in [-0.15, -0.1) is 11.8 Å². The molecule has 128 valence electrons. The Balaban J connectivity index is 2.15. The summed E-state index contributed by atoms with van der Waals surface area (Å²) in [5.74, 6) is -1.25. The van der Waals surface area contributed by atoms with Gasteiger partial charge in [-0.1, -0.05) is 25.1 Å². The van der Waals surface area contributed by atoms with Crippen LogP contribution in [0.15, 0.2) is 52.9 Å². The highest BCUT2D eigenvalue weighted by molar-refractivity contribution is 7.98. The zero-order valence-corrected chi connectivity index (χ0v) is 15.0. The standard InChI is InChI=1S/C21H19FO2S/c1-3-16-18(10-13-4-7-15(25-2)8-5-13)17-9-6-14(22)11-19(17)20(16)12-21(23)24/h4-11H,3,12H2,1-2H3,(H,23,24)/b18-10-. The molecule has 1 aliphatic carbocycles. The molecule has 0 bridgehead atoms. The Morgan fingerprint density at radius 3 is 2.44 bits per heavy atom. The first kappa shape index (κ1) is 17.5. The predicted octanol–water partition coefficient (Wildman–Crippen LogP) is 5.74. The molecule has 0 heterocycles. The first-order valence-corrected chi connectivity index (χ1v) is 9.36. The largest absolute Gasteiger partial charge is 0.481 e. The van der Waals surface area contributed by atoms with Crippen molar-refractivity contribution in [3.8, 4) is 0 Å². The summed E-state index contributed by atoms with van der Waals surface area (Å²) >= 11 is 1.69. The number of carboxylic acids is 1. The molecule has 3 rings (SSSR count). The Kier molecular flexibility index (Phi) is 5.09. The molecule has 1 N–H and O–H groups in total. The van der Waals surface area contributed by atoms with Crippen molar-refractivity contribution in [1.29, 1.82) is 0 Å². The summed E-state index contributed by atoms with van der Waals surface area (Å²) in [6.45, 7) is 2.00. The summed E-state index contributed by atoms with van der Waals surface area (Å²) in [6, 6.07) is 12.8. The Morgan fingerprint density at radius 2 is 1.84 bits per heavy atom. The number of thioether (sulfide) groups is 1. The number of carboxylic acid groups (broad SMARTS) is 1. The number of hydrogen-bond donors (Lipinski definition) is 1. The highest BCUT2D eigenvalue weighted by atomic mass is 32.2. The molecule has 0 aliphatic heterocycles. The molecule has 2 aromatic rings. The molecule has 0 atom stereocenters. The molecule has 0 aromatic heterocycles. The number of hydrogen-bond acceptors (Lipinski definition) is 2. The van der Waals surface area contributed by atoms with Crippen molar-refractivity contribution >= 4 is 35.0 Å². The second kappa shape index (κ2) is 7.28. The Morgan fingerprint density at radius 1 is 1.12 bits per heavy atom. The van der Waals surface area contributed by atoms with Gasteiger partial charge in [0.05, 0.1) is 6.42 Å². The number of halogens is 1. The van der Waals surface area contributed by atoms with Crippen molar-refractivity contribution in [3.63, 3.8) is 0 Å². The summed E-state index contributed by atoms with van der Waals surface area (Å²) < 4.78 is 13.7. The highest BCUT2D eigenvalue weighted by Crippen LogP contribution is 2.45. The fourth-order valence-electron chi connectivity index (χ4n) is 3.28. The number of allylic oxidation sites excluding steroid dienone is 2. The van der Waals surface area contributed by atoms with Gasteiger partial charge in [-0.05, 0) is 76.4 Å². The molecule has 4 heteroatoms. The zero-order valence-electron chi connectivity index (χ0n) is 14.2. The van der Waals surface area contributed by atoms with Crippen molar-refractivity contribution < 1.29 is 14.3 Å². The first-order valence-electron chi connectivity index (χ1n) is 8.13. The van der Waals surface area contributed by atoms with E-state index in [-0.39, 0.29) is 12.2 Å².